The van der Waals surface area contributed by atoms with Gasteiger partial charge in [0.05, 0.1) is 18.1 Å². The third-order valence-electron chi connectivity index (χ3n) is 2.04. The zero-order valence-electron chi connectivity index (χ0n) is 7.12. The maximum absolute atomic E-state index is 9.55. The number of fused-ring (bicyclic) bond motifs is 1. The Balaban J connectivity index is 2.58. The standard InChI is InChI=1S/C10H10N2O/c1-2-3-7-4-12-8-5-11-6-9(13)10(7)8/h2-3,5-6,12-13H,1,4H2/b7-3+. The maximum Gasteiger partial charge on any atom is 0.143 e. The summed E-state index contributed by atoms with van der Waals surface area (Å²) in [5.74, 6) is 0.218. The molecule has 0 fully saturated rings. The quantitative estimate of drug-likeness (QED) is 0.682. The van der Waals surface area contributed by atoms with Crippen LogP contribution in [-0.2, 0) is 0 Å². The highest BCUT2D eigenvalue weighted by Crippen LogP contribution is 2.36. The summed E-state index contributed by atoms with van der Waals surface area (Å²) in [5, 5.41) is 12.7. The fraction of sp³-hybridized carbons (Fsp3) is 0.100. The van der Waals surface area contributed by atoms with Crippen molar-refractivity contribution >= 4 is 11.3 Å². The van der Waals surface area contributed by atoms with Crippen molar-refractivity contribution in [3.05, 3.63) is 36.7 Å². The first-order valence-corrected chi connectivity index (χ1v) is 4.05. The van der Waals surface area contributed by atoms with Crippen LogP contribution in [0.15, 0.2) is 31.1 Å². The molecule has 3 nitrogen and oxygen atoms in total. The van der Waals surface area contributed by atoms with Crippen molar-refractivity contribution in [3.8, 4) is 5.75 Å². The third-order valence-corrected chi connectivity index (χ3v) is 2.04. The largest absolute Gasteiger partial charge is 0.506 e. The predicted octanol–water partition coefficient (Wildman–Crippen LogP) is 1.78. The highest BCUT2D eigenvalue weighted by atomic mass is 16.3. The molecule has 1 aliphatic rings. The van der Waals surface area contributed by atoms with E-state index in [0.717, 1.165) is 23.4 Å². The minimum absolute atomic E-state index is 0.218. The molecule has 0 saturated heterocycles. The van der Waals surface area contributed by atoms with Gasteiger partial charge >= 0.3 is 0 Å². The molecule has 0 spiro atoms. The second-order valence-electron chi connectivity index (χ2n) is 2.86. The van der Waals surface area contributed by atoms with Gasteiger partial charge in [-0.3, -0.25) is 4.98 Å². The molecule has 3 heteroatoms. The van der Waals surface area contributed by atoms with Crippen molar-refractivity contribution in [2.45, 2.75) is 0 Å². The average Bonchev–Trinajstić information content (AvgIpc) is 2.51. The van der Waals surface area contributed by atoms with Gasteiger partial charge in [-0.05, 0) is 5.57 Å². The molecule has 66 valence electrons. The molecule has 0 atom stereocenters. The number of pyridine rings is 1. The van der Waals surface area contributed by atoms with Gasteiger partial charge in [-0.15, -0.1) is 0 Å². The molecule has 0 unspecified atom stereocenters. The van der Waals surface area contributed by atoms with Crippen LogP contribution in [-0.4, -0.2) is 16.6 Å². The van der Waals surface area contributed by atoms with Gasteiger partial charge in [-0.25, -0.2) is 0 Å². The van der Waals surface area contributed by atoms with E-state index in [1.54, 1.807) is 12.3 Å². The lowest BCUT2D eigenvalue weighted by Crippen LogP contribution is -1.90. The highest BCUT2D eigenvalue weighted by molar-refractivity contribution is 5.87. The number of aromatic hydroxyl groups is 1. The van der Waals surface area contributed by atoms with Crippen molar-refractivity contribution in [2.75, 3.05) is 11.9 Å². The Labute approximate surface area is 76.4 Å². The van der Waals surface area contributed by atoms with Crippen LogP contribution < -0.4 is 5.32 Å². The van der Waals surface area contributed by atoms with Gasteiger partial charge in [0, 0.05) is 12.1 Å². The van der Waals surface area contributed by atoms with Gasteiger partial charge in [0.1, 0.15) is 5.75 Å². The Morgan fingerprint density at radius 2 is 2.38 bits per heavy atom. The van der Waals surface area contributed by atoms with E-state index in [0.29, 0.717) is 0 Å². The van der Waals surface area contributed by atoms with E-state index in [1.165, 1.54) is 6.20 Å². The van der Waals surface area contributed by atoms with E-state index in [1.807, 2.05) is 6.08 Å². The van der Waals surface area contributed by atoms with E-state index in [9.17, 15) is 5.11 Å². The molecule has 2 N–H and O–H groups in total. The van der Waals surface area contributed by atoms with E-state index in [2.05, 4.69) is 16.9 Å². The summed E-state index contributed by atoms with van der Waals surface area (Å²) in [6.45, 7) is 4.35. The zero-order chi connectivity index (χ0) is 9.26. The van der Waals surface area contributed by atoms with Crippen LogP contribution in [0.25, 0.3) is 5.57 Å². The summed E-state index contributed by atoms with van der Waals surface area (Å²) >= 11 is 0. The number of hydrogen-bond acceptors (Lipinski definition) is 3. The number of rotatable bonds is 1. The van der Waals surface area contributed by atoms with E-state index in [-0.39, 0.29) is 5.75 Å². The molecular formula is C10H10N2O. The van der Waals surface area contributed by atoms with Gasteiger partial charge < -0.3 is 10.4 Å². The number of nitrogens with zero attached hydrogens (tertiary/aromatic N) is 1. The molecule has 0 saturated carbocycles. The van der Waals surface area contributed by atoms with E-state index in [4.69, 9.17) is 0 Å². The predicted molar refractivity (Wildman–Crippen MR) is 52.6 cm³/mol. The lowest BCUT2D eigenvalue weighted by molar-refractivity contribution is 0.471. The smallest absolute Gasteiger partial charge is 0.143 e. The van der Waals surface area contributed by atoms with Crippen LogP contribution in [0.5, 0.6) is 5.75 Å². The molecule has 0 radical (unpaired) electrons. The minimum Gasteiger partial charge on any atom is -0.506 e. The Morgan fingerprint density at radius 3 is 3.15 bits per heavy atom. The summed E-state index contributed by atoms with van der Waals surface area (Å²) < 4.78 is 0. The van der Waals surface area contributed by atoms with Gasteiger partial charge in [0.15, 0.2) is 0 Å². The van der Waals surface area contributed by atoms with E-state index < -0.39 is 0 Å². The molecule has 1 aliphatic heterocycles. The number of aromatic nitrogens is 1. The molecular weight excluding hydrogens is 164 g/mol. The lowest BCUT2D eigenvalue weighted by atomic mass is 10.1. The summed E-state index contributed by atoms with van der Waals surface area (Å²) in [4.78, 5) is 3.88. The third kappa shape index (κ3) is 1.18. The topological polar surface area (TPSA) is 45.2 Å². The number of allylic oxidation sites excluding steroid dienone is 2. The van der Waals surface area contributed by atoms with Crippen molar-refractivity contribution in [1.29, 1.82) is 0 Å². The van der Waals surface area contributed by atoms with Crippen LogP contribution in [0.1, 0.15) is 5.56 Å². The zero-order valence-corrected chi connectivity index (χ0v) is 7.12. The maximum atomic E-state index is 9.55. The minimum atomic E-state index is 0.218. The van der Waals surface area contributed by atoms with Crippen LogP contribution in [0, 0.1) is 0 Å². The molecule has 0 amide bonds. The number of anilines is 1. The van der Waals surface area contributed by atoms with Crippen molar-refractivity contribution in [1.82, 2.24) is 4.98 Å². The second-order valence-corrected chi connectivity index (χ2v) is 2.86. The number of nitrogens with one attached hydrogen (secondary N) is 1. The van der Waals surface area contributed by atoms with Gasteiger partial charge in [-0.1, -0.05) is 18.7 Å². The highest BCUT2D eigenvalue weighted by Gasteiger charge is 2.18. The van der Waals surface area contributed by atoms with Crippen LogP contribution >= 0.6 is 0 Å². The summed E-state index contributed by atoms with van der Waals surface area (Å²) in [6, 6.07) is 0. The Hall–Kier alpha value is -1.77. The fourth-order valence-electron chi connectivity index (χ4n) is 1.48. The molecule has 2 heterocycles. The Morgan fingerprint density at radius 1 is 1.54 bits per heavy atom. The van der Waals surface area contributed by atoms with Gasteiger partial charge in [0.25, 0.3) is 0 Å². The van der Waals surface area contributed by atoms with Crippen molar-refractivity contribution < 1.29 is 5.11 Å². The van der Waals surface area contributed by atoms with Gasteiger partial charge in [0.2, 0.25) is 0 Å². The molecule has 2 rings (SSSR count). The Kier molecular flexibility index (Phi) is 1.77. The molecule has 1 aromatic rings. The van der Waals surface area contributed by atoms with Gasteiger partial charge in [-0.2, -0.15) is 0 Å². The number of hydrogen-bond donors (Lipinski definition) is 2. The molecule has 0 bridgehead atoms. The van der Waals surface area contributed by atoms with Crippen molar-refractivity contribution in [3.63, 3.8) is 0 Å². The van der Waals surface area contributed by atoms with Crippen LogP contribution in [0.3, 0.4) is 0 Å². The van der Waals surface area contributed by atoms with Crippen molar-refractivity contribution in [2.24, 2.45) is 0 Å². The summed E-state index contributed by atoms with van der Waals surface area (Å²) in [7, 11) is 0. The SMILES string of the molecule is C=C/C=C1\CNc2cncc(O)c21. The fourth-order valence-corrected chi connectivity index (χ4v) is 1.48. The second kappa shape index (κ2) is 2.94. The average molecular weight is 174 g/mol. The monoisotopic (exact) mass is 174 g/mol. The first kappa shape index (κ1) is 7.86. The normalized spacial score (nSPS) is 16.8. The first-order valence-electron chi connectivity index (χ1n) is 4.05. The molecule has 0 aliphatic carbocycles. The van der Waals surface area contributed by atoms with E-state index >= 15 is 0 Å². The molecule has 1 aromatic heterocycles. The molecule has 0 aromatic carbocycles. The first-order chi connectivity index (χ1) is 6.33. The van der Waals surface area contributed by atoms with Crippen LogP contribution in [0.2, 0.25) is 0 Å². The van der Waals surface area contributed by atoms with Crippen LogP contribution in [0.4, 0.5) is 5.69 Å². The summed E-state index contributed by atoms with van der Waals surface area (Å²) in [6.07, 6.45) is 6.76. The summed E-state index contributed by atoms with van der Waals surface area (Å²) in [5.41, 5.74) is 2.77. The molecule has 13 heavy (non-hydrogen) atoms. The Bertz CT molecular complexity index is 383. The lowest BCUT2D eigenvalue weighted by Gasteiger charge is -2.00.